The van der Waals surface area contributed by atoms with E-state index in [1.54, 1.807) is 0 Å². The lowest BCUT2D eigenvalue weighted by Gasteiger charge is -2.25. The van der Waals surface area contributed by atoms with E-state index in [0.717, 1.165) is 16.0 Å². The summed E-state index contributed by atoms with van der Waals surface area (Å²) in [6.07, 6.45) is 0. The molecule has 0 spiro atoms. The van der Waals surface area contributed by atoms with Crippen LogP contribution in [0.2, 0.25) is 0 Å². The average molecular weight is 353 g/mol. The molecular formula is C20H23N3O3. The van der Waals surface area contributed by atoms with Crippen molar-refractivity contribution >= 4 is 17.7 Å². The predicted octanol–water partition coefficient (Wildman–Crippen LogP) is 1.55. The normalized spacial score (nSPS) is 10.2. The molecule has 6 heteroatoms. The summed E-state index contributed by atoms with van der Waals surface area (Å²) in [7, 11) is 0. The van der Waals surface area contributed by atoms with Gasteiger partial charge in [-0.15, -0.1) is 0 Å². The van der Waals surface area contributed by atoms with E-state index in [4.69, 9.17) is 5.73 Å². The van der Waals surface area contributed by atoms with Crippen molar-refractivity contribution in [3.8, 4) is 0 Å². The van der Waals surface area contributed by atoms with Crippen LogP contribution in [0.4, 0.5) is 0 Å². The number of carbonyl (C=O) groups is 3. The van der Waals surface area contributed by atoms with Gasteiger partial charge in [0, 0.05) is 33.1 Å². The number of hydrogen-bond donors (Lipinski definition) is 1. The third-order valence-electron chi connectivity index (χ3n) is 3.88. The molecule has 3 amide bonds. The second kappa shape index (κ2) is 9.48. The maximum atomic E-state index is 12.8. The number of rotatable bonds is 6. The van der Waals surface area contributed by atoms with Crippen molar-refractivity contribution in [2.75, 3.05) is 13.1 Å². The molecule has 0 unspecified atom stereocenters. The Morgan fingerprint density at radius 3 is 1.65 bits per heavy atom. The van der Waals surface area contributed by atoms with Crippen LogP contribution >= 0.6 is 0 Å². The SMILES string of the molecule is CC(=O)N(CCN)C(=O)C(=O)N(Cc1ccccc1)Cc1ccccc1. The number of carbonyl (C=O) groups excluding carboxylic acids is 3. The Morgan fingerprint density at radius 1 is 0.808 bits per heavy atom. The summed E-state index contributed by atoms with van der Waals surface area (Å²) in [5.74, 6) is -2.07. The van der Waals surface area contributed by atoms with Gasteiger partial charge in [0.25, 0.3) is 0 Å². The molecule has 0 saturated heterocycles. The second-order valence-corrected chi connectivity index (χ2v) is 5.90. The van der Waals surface area contributed by atoms with Crippen molar-refractivity contribution < 1.29 is 14.4 Å². The van der Waals surface area contributed by atoms with Crippen LogP contribution < -0.4 is 5.73 Å². The van der Waals surface area contributed by atoms with E-state index in [9.17, 15) is 14.4 Å². The molecule has 0 heterocycles. The zero-order chi connectivity index (χ0) is 18.9. The Kier molecular flexibility index (Phi) is 7.05. The summed E-state index contributed by atoms with van der Waals surface area (Å²) in [6, 6.07) is 18.8. The molecule has 0 saturated carbocycles. The number of nitrogens with two attached hydrogens (primary N) is 1. The van der Waals surface area contributed by atoms with E-state index in [0.29, 0.717) is 0 Å². The Labute approximate surface area is 153 Å². The quantitative estimate of drug-likeness (QED) is 0.799. The minimum Gasteiger partial charge on any atom is -0.329 e. The van der Waals surface area contributed by atoms with Gasteiger partial charge in [-0.3, -0.25) is 19.3 Å². The first-order valence-electron chi connectivity index (χ1n) is 8.42. The highest BCUT2D eigenvalue weighted by Gasteiger charge is 2.29. The molecule has 2 rings (SSSR count). The van der Waals surface area contributed by atoms with Gasteiger partial charge in [0.1, 0.15) is 0 Å². The molecule has 0 aliphatic rings. The van der Waals surface area contributed by atoms with Crippen LogP contribution in [0, 0.1) is 0 Å². The number of nitrogens with zero attached hydrogens (tertiary/aromatic N) is 2. The van der Waals surface area contributed by atoms with E-state index in [-0.39, 0.29) is 26.2 Å². The van der Waals surface area contributed by atoms with Crippen molar-refractivity contribution in [1.82, 2.24) is 9.80 Å². The topological polar surface area (TPSA) is 83.7 Å². The summed E-state index contributed by atoms with van der Waals surface area (Å²) >= 11 is 0. The first-order valence-corrected chi connectivity index (χ1v) is 8.42. The number of hydrogen-bond acceptors (Lipinski definition) is 4. The van der Waals surface area contributed by atoms with E-state index in [1.165, 1.54) is 11.8 Å². The molecule has 0 aliphatic heterocycles. The van der Waals surface area contributed by atoms with Crippen LogP contribution in [-0.2, 0) is 27.5 Å². The molecule has 2 aromatic rings. The minimum atomic E-state index is -0.852. The highest BCUT2D eigenvalue weighted by molar-refractivity contribution is 6.37. The highest BCUT2D eigenvalue weighted by Crippen LogP contribution is 2.11. The Morgan fingerprint density at radius 2 is 1.27 bits per heavy atom. The zero-order valence-electron chi connectivity index (χ0n) is 14.8. The van der Waals surface area contributed by atoms with Gasteiger partial charge >= 0.3 is 11.8 Å². The third kappa shape index (κ3) is 5.26. The lowest BCUT2D eigenvalue weighted by atomic mass is 10.1. The Bertz CT molecular complexity index is 706. The number of imide groups is 1. The van der Waals surface area contributed by atoms with Crippen molar-refractivity contribution in [3.63, 3.8) is 0 Å². The van der Waals surface area contributed by atoms with E-state index in [2.05, 4.69) is 0 Å². The summed E-state index contributed by atoms with van der Waals surface area (Å²) < 4.78 is 0. The lowest BCUT2D eigenvalue weighted by molar-refractivity contribution is -0.156. The van der Waals surface area contributed by atoms with Crippen molar-refractivity contribution in [1.29, 1.82) is 0 Å². The van der Waals surface area contributed by atoms with Gasteiger partial charge in [-0.25, -0.2) is 0 Å². The first kappa shape index (κ1) is 19.3. The average Bonchev–Trinajstić information content (AvgIpc) is 2.66. The highest BCUT2D eigenvalue weighted by atomic mass is 16.2. The summed E-state index contributed by atoms with van der Waals surface area (Å²) in [5, 5.41) is 0. The summed E-state index contributed by atoms with van der Waals surface area (Å²) in [4.78, 5) is 39.4. The molecule has 2 N–H and O–H groups in total. The van der Waals surface area contributed by atoms with Gasteiger partial charge in [-0.05, 0) is 11.1 Å². The van der Waals surface area contributed by atoms with Crippen LogP contribution in [0.1, 0.15) is 18.1 Å². The first-order chi connectivity index (χ1) is 12.5. The number of amides is 3. The van der Waals surface area contributed by atoms with Gasteiger partial charge in [-0.1, -0.05) is 60.7 Å². The minimum absolute atomic E-state index is 0.0183. The van der Waals surface area contributed by atoms with Gasteiger partial charge in [0.2, 0.25) is 5.91 Å². The van der Waals surface area contributed by atoms with E-state index < -0.39 is 17.7 Å². The number of benzene rings is 2. The maximum Gasteiger partial charge on any atom is 0.318 e. The van der Waals surface area contributed by atoms with Gasteiger partial charge in [-0.2, -0.15) is 0 Å². The van der Waals surface area contributed by atoms with Gasteiger partial charge in [0.05, 0.1) is 0 Å². The third-order valence-corrected chi connectivity index (χ3v) is 3.88. The van der Waals surface area contributed by atoms with E-state index >= 15 is 0 Å². The monoisotopic (exact) mass is 353 g/mol. The van der Waals surface area contributed by atoms with Crippen LogP contribution in [0.3, 0.4) is 0 Å². The fourth-order valence-corrected chi connectivity index (χ4v) is 2.59. The molecule has 136 valence electrons. The molecule has 6 nitrogen and oxygen atoms in total. The molecule has 0 radical (unpaired) electrons. The molecule has 0 fully saturated rings. The molecule has 26 heavy (non-hydrogen) atoms. The van der Waals surface area contributed by atoms with Crippen LogP contribution in [0.25, 0.3) is 0 Å². The van der Waals surface area contributed by atoms with E-state index in [1.807, 2.05) is 60.7 Å². The van der Waals surface area contributed by atoms with Crippen LogP contribution in [0.5, 0.6) is 0 Å². The smallest absolute Gasteiger partial charge is 0.318 e. The maximum absolute atomic E-state index is 12.8. The second-order valence-electron chi connectivity index (χ2n) is 5.90. The molecule has 0 aliphatic carbocycles. The van der Waals surface area contributed by atoms with Gasteiger partial charge in [0.15, 0.2) is 0 Å². The van der Waals surface area contributed by atoms with Crippen molar-refractivity contribution in [3.05, 3.63) is 71.8 Å². The molecular weight excluding hydrogens is 330 g/mol. The molecule has 0 atom stereocenters. The largest absolute Gasteiger partial charge is 0.329 e. The summed E-state index contributed by atoms with van der Waals surface area (Å²) in [5.41, 5.74) is 7.26. The fraction of sp³-hybridized carbons (Fsp3) is 0.250. The predicted molar refractivity (Wildman–Crippen MR) is 98.6 cm³/mol. The molecule has 0 aromatic heterocycles. The van der Waals surface area contributed by atoms with Crippen molar-refractivity contribution in [2.24, 2.45) is 5.73 Å². The Hall–Kier alpha value is -2.99. The summed E-state index contributed by atoms with van der Waals surface area (Å²) in [6.45, 7) is 1.92. The van der Waals surface area contributed by atoms with Gasteiger partial charge < -0.3 is 10.6 Å². The Balaban J connectivity index is 2.24. The van der Waals surface area contributed by atoms with Crippen molar-refractivity contribution in [2.45, 2.75) is 20.0 Å². The molecule has 2 aromatic carbocycles. The standard InChI is InChI=1S/C20H23N3O3/c1-16(24)23(13-12-21)20(26)19(25)22(14-17-8-4-2-5-9-17)15-18-10-6-3-7-11-18/h2-11H,12-15,21H2,1H3. The van der Waals surface area contributed by atoms with Crippen LogP contribution in [0.15, 0.2) is 60.7 Å². The molecule has 0 bridgehead atoms. The zero-order valence-corrected chi connectivity index (χ0v) is 14.8. The fourth-order valence-electron chi connectivity index (χ4n) is 2.59. The van der Waals surface area contributed by atoms with Crippen LogP contribution in [-0.4, -0.2) is 40.6 Å². The lowest BCUT2D eigenvalue weighted by Crippen LogP contribution is -2.48.